The maximum absolute atomic E-state index is 12.8. The number of ether oxygens (including phenoxy) is 1. The summed E-state index contributed by atoms with van der Waals surface area (Å²) < 4.78 is 10.6. The minimum absolute atomic E-state index is 0.0332. The second kappa shape index (κ2) is 6.44. The first-order valence-corrected chi connectivity index (χ1v) is 8.73. The third-order valence-corrected chi connectivity index (χ3v) is 5.06. The number of carbonyl (C=O) groups excluding carboxylic acids is 2. The van der Waals surface area contributed by atoms with Gasteiger partial charge in [-0.15, -0.1) is 0 Å². The first-order chi connectivity index (χ1) is 12.6. The molecule has 1 aromatic heterocycles. The summed E-state index contributed by atoms with van der Waals surface area (Å²) in [6.45, 7) is -0.0332. The van der Waals surface area contributed by atoms with Crippen LogP contribution in [0.4, 0.5) is 4.79 Å². The number of rotatable bonds is 4. The van der Waals surface area contributed by atoms with Gasteiger partial charge in [-0.1, -0.05) is 36.6 Å². The van der Waals surface area contributed by atoms with Gasteiger partial charge in [-0.25, -0.2) is 4.79 Å². The molecule has 8 heteroatoms. The molecule has 0 atom stereocenters. The Morgan fingerprint density at radius 2 is 2.00 bits per heavy atom. The van der Waals surface area contributed by atoms with Crippen molar-refractivity contribution >= 4 is 11.9 Å². The summed E-state index contributed by atoms with van der Waals surface area (Å²) >= 11 is 0. The van der Waals surface area contributed by atoms with Crippen molar-refractivity contribution in [3.05, 3.63) is 30.2 Å². The van der Waals surface area contributed by atoms with Crippen LogP contribution >= 0.6 is 0 Å². The maximum Gasteiger partial charge on any atom is 0.325 e. The average molecular weight is 356 g/mol. The third-order valence-electron chi connectivity index (χ3n) is 5.06. The highest BCUT2D eigenvalue weighted by Crippen LogP contribution is 2.34. The number of amides is 3. The zero-order valence-electron chi connectivity index (χ0n) is 14.5. The van der Waals surface area contributed by atoms with Crippen molar-refractivity contribution in [2.24, 2.45) is 0 Å². The van der Waals surface area contributed by atoms with E-state index in [-0.39, 0.29) is 18.3 Å². The SMILES string of the molecule is COc1ccccc1-c1noc(CN2C(=O)NC3(CCCCC3)C2=O)n1. The second-order valence-electron chi connectivity index (χ2n) is 6.68. The minimum Gasteiger partial charge on any atom is -0.496 e. The number of benzene rings is 1. The fourth-order valence-corrected chi connectivity index (χ4v) is 3.71. The molecule has 26 heavy (non-hydrogen) atoms. The zero-order chi connectivity index (χ0) is 18.1. The average Bonchev–Trinajstić information content (AvgIpc) is 3.22. The highest BCUT2D eigenvalue weighted by Gasteiger charge is 2.51. The van der Waals surface area contributed by atoms with Gasteiger partial charge >= 0.3 is 6.03 Å². The lowest BCUT2D eigenvalue weighted by molar-refractivity contribution is -0.133. The van der Waals surface area contributed by atoms with Gasteiger partial charge in [-0.05, 0) is 25.0 Å². The molecule has 0 unspecified atom stereocenters. The van der Waals surface area contributed by atoms with E-state index in [9.17, 15) is 9.59 Å². The molecule has 1 aliphatic heterocycles. The number of carbonyl (C=O) groups is 2. The summed E-state index contributed by atoms with van der Waals surface area (Å²) in [6, 6.07) is 6.92. The number of nitrogens with one attached hydrogen (secondary N) is 1. The standard InChI is InChI=1S/C18H20N4O4/c1-25-13-8-4-3-7-12(13)15-19-14(26-21-15)11-22-16(23)18(20-17(22)24)9-5-2-6-10-18/h3-4,7-8H,2,5-6,9-11H2,1H3,(H,20,24). The molecule has 1 spiro atoms. The monoisotopic (exact) mass is 356 g/mol. The first-order valence-electron chi connectivity index (χ1n) is 8.73. The topological polar surface area (TPSA) is 97.6 Å². The van der Waals surface area contributed by atoms with Crippen molar-refractivity contribution in [1.82, 2.24) is 20.4 Å². The van der Waals surface area contributed by atoms with Crippen LogP contribution < -0.4 is 10.1 Å². The fraction of sp³-hybridized carbons (Fsp3) is 0.444. The van der Waals surface area contributed by atoms with E-state index in [2.05, 4.69) is 15.5 Å². The van der Waals surface area contributed by atoms with Gasteiger partial charge in [0, 0.05) is 0 Å². The molecule has 136 valence electrons. The van der Waals surface area contributed by atoms with Gasteiger partial charge in [-0.2, -0.15) is 4.98 Å². The molecule has 8 nitrogen and oxygen atoms in total. The van der Waals surface area contributed by atoms with Crippen LogP contribution in [0.1, 0.15) is 38.0 Å². The van der Waals surface area contributed by atoms with Gasteiger partial charge in [-0.3, -0.25) is 9.69 Å². The lowest BCUT2D eigenvalue weighted by Gasteiger charge is -2.30. The molecule has 1 saturated heterocycles. The Kier molecular flexibility index (Phi) is 4.10. The van der Waals surface area contributed by atoms with Gasteiger partial charge in [0.15, 0.2) is 0 Å². The van der Waals surface area contributed by atoms with E-state index in [1.165, 1.54) is 4.90 Å². The maximum atomic E-state index is 12.8. The van der Waals surface area contributed by atoms with Gasteiger partial charge in [0.1, 0.15) is 17.8 Å². The molecule has 1 aromatic carbocycles. The van der Waals surface area contributed by atoms with Gasteiger partial charge in [0.05, 0.1) is 12.7 Å². The highest BCUT2D eigenvalue weighted by molar-refractivity contribution is 6.06. The predicted octanol–water partition coefficient (Wildman–Crippen LogP) is 2.50. The molecular weight excluding hydrogens is 336 g/mol. The van der Waals surface area contributed by atoms with Crippen LogP contribution in [0.3, 0.4) is 0 Å². The molecule has 0 radical (unpaired) electrons. The summed E-state index contributed by atoms with van der Waals surface area (Å²) in [5.74, 6) is 0.995. The Labute approximate surface area is 150 Å². The number of imide groups is 1. The summed E-state index contributed by atoms with van der Waals surface area (Å²) in [5, 5.41) is 6.83. The molecular formula is C18H20N4O4. The molecule has 2 heterocycles. The number of para-hydroxylation sites is 1. The highest BCUT2D eigenvalue weighted by atomic mass is 16.5. The van der Waals surface area contributed by atoms with E-state index in [0.717, 1.165) is 19.3 Å². The molecule has 0 bridgehead atoms. The lowest BCUT2D eigenvalue weighted by Crippen LogP contribution is -2.48. The number of hydrogen-bond donors (Lipinski definition) is 1. The van der Waals surface area contributed by atoms with Crippen molar-refractivity contribution in [3.8, 4) is 17.1 Å². The van der Waals surface area contributed by atoms with E-state index in [0.29, 0.717) is 30.0 Å². The quantitative estimate of drug-likeness (QED) is 0.845. The summed E-state index contributed by atoms with van der Waals surface area (Å²) in [5.41, 5.74) is -0.0631. The van der Waals surface area contributed by atoms with Gasteiger partial charge in [0.25, 0.3) is 5.91 Å². The number of urea groups is 1. The summed E-state index contributed by atoms with van der Waals surface area (Å²) in [7, 11) is 1.57. The number of methoxy groups -OCH3 is 1. The van der Waals surface area contributed by atoms with Crippen LogP contribution in [0.2, 0.25) is 0 Å². The van der Waals surface area contributed by atoms with E-state index in [1.807, 2.05) is 18.2 Å². The summed E-state index contributed by atoms with van der Waals surface area (Å²) in [6.07, 6.45) is 4.35. The van der Waals surface area contributed by atoms with Crippen LogP contribution in [0.5, 0.6) is 5.75 Å². The fourth-order valence-electron chi connectivity index (χ4n) is 3.71. The van der Waals surface area contributed by atoms with Crippen LogP contribution in [0.15, 0.2) is 28.8 Å². The van der Waals surface area contributed by atoms with Crippen molar-refractivity contribution in [2.75, 3.05) is 7.11 Å². The third kappa shape index (κ3) is 2.71. The minimum atomic E-state index is -0.749. The Bertz CT molecular complexity index is 841. The van der Waals surface area contributed by atoms with Crippen LogP contribution in [-0.2, 0) is 11.3 Å². The molecule has 1 aliphatic carbocycles. The van der Waals surface area contributed by atoms with Gasteiger partial charge < -0.3 is 14.6 Å². The molecule has 4 rings (SSSR count). The van der Waals surface area contributed by atoms with E-state index in [4.69, 9.17) is 9.26 Å². The van der Waals surface area contributed by atoms with Crippen molar-refractivity contribution in [3.63, 3.8) is 0 Å². The van der Waals surface area contributed by atoms with Crippen molar-refractivity contribution in [1.29, 1.82) is 0 Å². The van der Waals surface area contributed by atoms with E-state index < -0.39 is 11.6 Å². The smallest absolute Gasteiger partial charge is 0.325 e. The Morgan fingerprint density at radius 3 is 2.77 bits per heavy atom. The zero-order valence-corrected chi connectivity index (χ0v) is 14.5. The Morgan fingerprint density at radius 1 is 1.23 bits per heavy atom. The van der Waals surface area contributed by atoms with E-state index >= 15 is 0 Å². The predicted molar refractivity (Wildman–Crippen MR) is 91.2 cm³/mol. The lowest BCUT2D eigenvalue weighted by atomic mass is 9.82. The second-order valence-corrected chi connectivity index (χ2v) is 6.68. The van der Waals surface area contributed by atoms with Crippen molar-refractivity contribution in [2.45, 2.75) is 44.2 Å². The molecule has 2 aromatic rings. The van der Waals surface area contributed by atoms with Crippen LogP contribution in [0, 0.1) is 0 Å². The normalized spacial score (nSPS) is 19.0. The van der Waals surface area contributed by atoms with Gasteiger partial charge in [0.2, 0.25) is 11.7 Å². The van der Waals surface area contributed by atoms with Crippen molar-refractivity contribution < 1.29 is 18.8 Å². The summed E-state index contributed by atoms with van der Waals surface area (Å²) in [4.78, 5) is 30.6. The Balaban J connectivity index is 1.54. The largest absolute Gasteiger partial charge is 0.496 e. The number of aromatic nitrogens is 2. The first kappa shape index (κ1) is 16.6. The van der Waals surface area contributed by atoms with Crippen LogP contribution in [-0.4, -0.2) is 39.6 Å². The Hall–Kier alpha value is -2.90. The molecule has 2 fully saturated rings. The number of nitrogens with zero attached hydrogens (tertiary/aromatic N) is 3. The molecule has 2 aliphatic rings. The molecule has 3 amide bonds. The van der Waals surface area contributed by atoms with E-state index in [1.54, 1.807) is 13.2 Å². The van der Waals surface area contributed by atoms with Crippen LogP contribution in [0.25, 0.3) is 11.4 Å². The molecule has 1 N–H and O–H groups in total. The molecule has 1 saturated carbocycles. The number of hydrogen-bond acceptors (Lipinski definition) is 6.